The normalized spacial score (nSPS) is 27.0. The van der Waals surface area contributed by atoms with Crippen molar-refractivity contribution in [2.24, 2.45) is 5.92 Å². The van der Waals surface area contributed by atoms with Crippen molar-refractivity contribution in [3.8, 4) is 0 Å². The number of nitrogens with zero attached hydrogens (tertiary/aromatic N) is 2. The molecule has 6 heteroatoms. The molecule has 22 heavy (non-hydrogen) atoms. The fraction of sp³-hybridized carbons (Fsp3) is 0.625. The van der Waals surface area contributed by atoms with Crippen LogP contribution in [0.25, 0.3) is 0 Å². The van der Waals surface area contributed by atoms with Gasteiger partial charge in [0.1, 0.15) is 0 Å². The molecule has 6 nitrogen and oxygen atoms in total. The number of ether oxygens (including phenoxy) is 1. The third-order valence-electron chi connectivity index (χ3n) is 4.65. The number of hydrogen-bond acceptors (Lipinski definition) is 5. The van der Waals surface area contributed by atoms with Crippen molar-refractivity contribution >= 4 is 5.91 Å². The second-order valence-electron chi connectivity index (χ2n) is 6.06. The van der Waals surface area contributed by atoms with E-state index >= 15 is 0 Å². The number of carbonyl (C=O) groups excluding carboxylic acids is 1. The van der Waals surface area contributed by atoms with Crippen LogP contribution in [-0.4, -0.2) is 65.9 Å². The van der Waals surface area contributed by atoms with Crippen LogP contribution in [0.3, 0.4) is 0 Å². The van der Waals surface area contributed by atoms with E-state index < -0.39 is 0 Å². The molecule has 0 bridgehead atoms. The highest BCUT2D eigenvalue weighted by Crippen LogP contribution is 2.24. The Morgan fingerprint density at radius 2 is 2.23 bits per heavy atom. The predicted molar refractivity (Wildman–Crippen MR) is 81.5 cm³/mol. The third kappa shape index (κ3) is 3.45. The van der Waals surface area contributed by atoms with Gasteiger partial charge in [0.25, 0.3) is 5.91 Å². The van der Waals surface area contributed by atoms with Crippen molar-refractivity contribution in [1.82, 2.24) is 15.2 Å². The average molecular weight is 305 g/mol. The second-order valence-corrected chi connectivity index (χ2v) is 6.06. The summed E-state index contributed by atoms with van der Waals surface area (Å²) in [4.78, 5) is 18.6. The Labute approximate surface area is 130 Å². The zero-order valence-corrected chi connectivity index (χ0v) is 12.6. The minimum Gasteiger partial charge on any atom is -0.396 e. The van der Waals surface area contributed by atoms with Gasteiger partial charge in [-0.15, -0.1) is 0 Å². The Kier molecular flexibility index (Phi) is 5.02. The highest BCUT2D eigenvalue weighted by molar-refractivity contribution is 5.94. The van der Waals surface area contributed by atoms with Crippen LogP contribution in [0.1, 0.15) is 23.2 Å². The van der Waals surface area contributed by atoms with Crippen LogP contribution in [-0.2, 0) is 4.74 Å². The number of pyridine rings is 1. The lowest BCUT2D eigenvalue weighted by Crippen LogP contribution is -2.43. The first kappa shape index (κ1) is 15.4. The molecular weight excluding hydrogens is 282 g/mol. The summed E-state index contributed by atoms with van der Waals surface area (Å²) in [5.74, 6) is -0.0335. The summed E-state index contributed by atoms with van der Waals surface area (Å²) in [6.45, 7) is 3.33. The van der Waals surface area contributed by atoms with E-state index in [9.17, 15) is 9.90 Å². The van der Waals surface area contributed by atoms with Gasteiger partial charge >= 0.3 is 0 Å². The third-order valence-corrected chi connectivity index (χ3v) is 4.65. The molecule has 0 spiro atoms. The Balaban J connectivity index is 1.61. The number of aliphatic hydroxyl groups excluding tert-OH is 1. The van der Waals surface area contributed by atoms with E-state index in [0.29, 0.717) is 11.6 Å². The molecule has 0 aliphatic carbocycles. The lowest BCUT2D eigenvalue weighted by atomic mass is 10.0. The van der Waals surface area contributed by atoms with Crippen molar-refractivity contribution < 1.29 is 14.6 Å². The van der Waals surface area contributed by atoms with Gasteiger partial charge in [0, 0.05) is 63.3 Å². The zero-order valence-electron chi connectivity index (χ0n) is 12.6. The topological polar surface area (TPSA) is 74.7 Å². The lowest BCUT2D eigenvalue weighted by Gasteiger charge is -2.31. The number of likely N-dealkylation sites (tertiary alicyclic amines) is 1. The van der Waals surface area contributed by atoms with Crippen molar-refractivity contribution in [1.29, 1.82) is 0 Å². The average Bonchev–Trinajstić information content (AvgIpc) is 2.99. The van der Waals surface area contributed by atoms with Gasteiger partial charge in [-0.05, 0) is 25.0 Å². The molecule has 1 aromatic rings. The molecule has 3 rings (SSSR count). The molecule has 120 valence electrons. The van der Waals surface area contributed by atoms with Crippen molar-refractivity contribution in [3.63, 3.8) is 0 Å². The van der Waals surface area contributed by atoms with E-state index in [-0.39, 0.29) is 24.5 Å². The summed E-state index contributed by atoms with van der Waals surface area (Å²) < 4.78 is 5.41. The number of aliphatic hydroxyl groups is 1. The van der Waals surface area contributed by atoms with E-state index in [4.69, 9.17) is 4.74 Å². The smallest absolute Gasteiger partial charge is 0.253 e. The number of rotatable bonds is 4. The Bertz CT molecular complexity index is 491. The molecule has 2 aliphatic rings. The predicted octanol–water partition coefficient (Wildman–Crippen LogP) is 0.283. The van der Waals surface area contributed by atoms with E-state index in [2.05, 4.69) is 15.2 Å². The number of amides is 1. The van der Waals surface area contributed by atoms with Gasteiger partial charge in [-0.25, -0.2) is 0 Å². The highest BCUT2D eigenvalue weighted by Gasteiger charge is 2.37. The van der Waals surface area contributed by atoms with Crippen LogP contribution in [0.4, 0.5) is 0 Å². The quantitative estimate of drug-likeness (QED) is 0.836. The molecule has 1 amide bonds. The molecule has 1 aromatic heterocycles. The Hall–Kier alpha value is -1.50. The van der Waals surface area contributed by atoms with Crippen molar-refractivity contribution in [2.75, 3.05) is 32.9 Å². The molecule has 2 fully saturated rings. The summed E-state index contributed by atoms with van der Waals surface area (Å²) in [7, 11) is 0. The van der Waals surface area contributed by atoms with Gasteiger partial charge in [0.05, 0.1) is 5.56 Å². The van der Waals surface area contributed by atoms with Crippen molar-refractivity contribution in [2.45, 2.75) is 24.9 Å². The molecule has 0 radical (unpaired) electrons. The Morgan fingerprint density at radius 3 is 2.91 bits per heavy atom. The van der Waals surface area contributed by atoms with E-state index in [0.717, 1.165) is 39.1 Å². The van der Waals surface area contributed by atoms with Gasteiger partial charge in [0.2, 0.25) is 0 Å². The SMILES string of the molecule is O=C(NC1CN(C2CCOCC2)CC1CO)c1cccnc1. The summed E-state index contributed by atoms with van der Waals surface area (Å²) in [6, 6.07) is 3.99. The maximum absolute atomic E-state index is 12.3. The standard InChI is InChI=1S/C16H23N3O3/c20-11-13-9-19(14-3-6-22-7-4-14)10-15(13)18-16(21)12-2-1-5-17-8-12/h1-2,5,8,13-15,20H,3-4,6-7,9-11H2,(H,18,21). The molecule has 2 atom stereocenters. The minimum atomic E-state index is -0.120. The van der Waals surface area contributed by atoms with Crippen LogP contribution in [0, 0.1) is 5.92 Å². The number of carbonyl (C=O) groups is 1. The molecular formula is C16H23N3O3. The molecule has 2 aliphatic heterocycles. The first-order valence-corrected chi connectivity index (χ1v) is 7.91. The van der Waals surface area contributed by atoms with Crippen LogP contribution < -0.4 is 5.32 Å². The first-order chi connectivity index (χ1) is 10.8. The number of aromatic nitrogens is 1. The van der Waals surface area contributed by atoms with Gasteiger partial charge in [-0.1, -0.05) is 0 Å². The second kappa shape index (κ2) is 7.17. The summed E-state index contributed by atoms with van der Waals surface area (Å²) >= 11 is 0. The Morgan fingerprint density at radius 1 is 1.41 bits per heavy atom. The van der Waals surface area contributed by atoms with Crippen LogP contribution in [0.15, 0.2) is 24.5 Å². The molecule has 2 saturated heterocycles. The summed E-state index contributed by atoms with van der Waals surface area (Å²) in [6.07, 6.45) is 5.27. The van der Waals surface area contributed by atoms with Gasteiger partial charge in [0.15, 0.2) is 0 Å². The van der Waals surface area contributed by atoms with Crippen LogP contribution in [0.2, 0.25) is 0 Å². The van der Waals surface area contributed by atoms with E-state index in [1.807, 2.05) is 0 Å². The number of hydrogen-bond donors (Lipinski definition) is 2. The minimum absolute atomic E-state index is 0.0134. The summed E-state index contributed by atoms with van der Waals surface area (Å²) in [5.41, 5.74) is 0.559. The van der Waals surface area contributed by atoms with E-state index in [1.165, 1.54) is 0 Å². The van der Waals surface area contributed by atoms with Crippen LogP contribution >= 0.6 is 0 Å². The largest absolute Gasteiger partial charge is 0.396 e. The summed E-state index contributed by atoms with van der Waals surface area (Å²) in [5, 5.41) is 12.7. The van der Waals surface area contributed by atoms with Gasteiger partial charge in [-0.2, -0.15) is 0 Å². The molecule has 2 N–H and O–H groups in total. The van der Waals surface area contributed by atoms with E-state index in [1.54, 1.807) is 24.5 Å². The lowest BCUT2D eigenvalue weighted by molar-refractivity contribution is 0.0398. The van der Waals surface area contributed by atoms with Gasteiger partial charge < -0.3 is 15.2 Å². The molecule has 2 unspecified atom stereocenters. The van der Waals surface area contributed by atoms with Gasteiger partial charge in [-0.3, -0.25) is 14.7 Å². The molecule has 3 heterocycles. The first-order valence-electron chi connectivity index (χ1n) is 7.91. The zero-order chi connectivity index (χ0) is 15.4. The highest BCUT2D eigenvalue weighted by atomic mass is 16.5. The maximum atomic E-state index is 12.3. The molecule has 0 aromatic carbocycles. The van der Waals surface area contributed by atoms with Crippen LogP contribution in [0.5, 0.6) is 0 Å². The number of nitrogens with one attached hydrogen (secondary N) is 1. The maximum Gasteiger partial charge on any atom is 0.253 e. The monoisotopic (exact) mass is 305 g/mol. The fourth-order valence-corrected chi connectivity index (χ4v) is 3.35. The fourth-order valence-electron chi connectivity index (χ4n) is 3.35. The van der Waals surface area contributed by atoms with Crippen molar-refractivity contribution in [3.05, 3.63) is 30.1 Å². The molecule has 0 saturated carbocycles.